The molecule has 0 aromatic carbocycles. The summed E-state index contributed by atoms with van der Waals surface area (Å²) in [4.78, 5) is 25.5. The second-order valence-corrected chi connectivity index (χ2v) is 6.92. The lowest BCUT2D eigenvalue weighted by molar-refractivity contribution is -0.138. The molecule has 0 aromatic heterocycles. The molecule has 6 nitrogen and oxygen atoms in total. The first-order chi connectivity index (χ1) is 8.74. The third kappa shape index (κ3) is 4.81. The van der Waals surface area contributed by atoms with Crippen molar-refractivity contribution in [1.82, 2.24) is 9.62 Å². The highest BCUT2D eigenvalue weighted by molar-refractivity contribution is 7.89. The number of nitrogens with one attached hydrogen (secondary N) is 1. The van der Waals surface area contributed by atoms with E-state index in [0.29, 0.717) is 19.5 Å². The van der Waals surface area contributed by atoms with E-state index in [1.807, 2.05) is 18.6 Å². The van der Waals surface area contributed by atoms with E-state index in [1.54, 1.807) is 4.90 Å². The van der Waals surface area contributed by atoms with Gasteiger partial charge in [-0.3, -0.25) is 14.3 Å². The van der Waals surface area contributed by atoms with Crippen LogP contribution in [0.25, 0.3) is 0 Å². The molecule has 1 aliphatic heterocycles. The number of hydrogen-bond donors (Lipinski definition) is 1. The summed E-state index contributed by atoms with van der Waals surface area (Å²) in [6.45, 7) is 4.76. The van der Waals surface area contributed by atoms with Crippen molar-refractivity contribution in [3.63, 3.8) is 0 Å². The molecule has 7 heteroatoms. The largest absolute Gasteiger partial charge is 0.342 e. The fourth-order valence-corrected chi connectivity index (χ4v) is 2.68. The second-order valence-electron chi connectivity index (χ2n) is 5.17. The summed E-state index contributed by atoms with van der Waals surface area (Å²) in [5.74, 6) is -0.961. The first-order valence-electron chi connectivity index (χ1n) is 6.55. The SMILES string of the molecule is CCC(C)C(=O)N1CCCC(C(=O)NS(C)(=O)=O)C1. The Morgan fingerprint density at radius 2 is 2.05 bits per heavy atom. The van der Waals surface area contributed by atoms with Crippen molar-refractivity contribution in [1.29, 1.82) is 0 Å². The molecule has 0 saturated carbocycles. The molecule has 1 saturated heterocycles. The van der Waals surface area contributed by atoms with Gasteiger partial charge in [0.15, 0.2) is 0 Å². The van der Waals surface area contributed by atoms with E-state index in [9.17, 15) is 18.0 Å². The van der Waals surface area contributed by atoms with Crippen LogP contribution in [-0.2, 0) is 19.6 Å². The van der Waals surface area contributed by atoms with Crippen molar-refractivity contribution < 1.29 is 18.0 Å². The van der Waals surface area contributed by atoms with Crippen molar-refractivity contribution in [2.75, 3.05) is 19.3 Å². The number of sulfonamides is 1. The van der Waals surface area contributed by atoms with Gasteiger partial charge in [0, 0.05) is 19.0 Å². The van der Waals surface area contributed by atoms with Crippen molar-refractivity contribution in [3.8, 4) is 0 Å². The highest BCUT2D eigenvalue weighted by atomic mass is 32.2. The molecule has 2 unspecified atom stereocenters. The zero-order chi connectivity index (χ0) is 14.6. The minimum atomic E-state index is -3.53. The van der Waals surface area contributed by atoms with E-state index in [2.05, 4.69) is 0 Å². The number of carbonyl (C=O) groups is 2. The lowest BCUT2D eigenvalue weighted by Gasteiger charge is -2.33. The highest BCUT2D eigenvalue weighted by Crippen LogP contribution is 2.19. The summed E-state index contributed by atoms with van der Waals surface area (Å²) in [6, 6.07) is 0. The van der Waals surface area contributed by atoms with E-state index in [0.717, 1.165) is 19.1 Å². The van der Waals surface area contributed by atoms with Crippen LogP contribution in [0, 0.1) is 11.8 Å². The summed E-state index contributed by atoms with van der Waals surface area (Å²) in [5, 5.41) is 0. The Bertz CT molecular complexity index is 447. The molecule has 1 N–H and O–H groups in total. The van der Waals surface area contributed by atoms with Crippen molar-refractivity contribution in [2.45, 2.75) is 33.1 Å². The molecule has 110 valence electrons. The molecular formula is C12H22N2O4S. The van der Waals surface area contributed by atoms with E-state index >= 15 is 0 Å². The topological polar surface area (TPSA) is 83.6 Å². The van der Waals surface area contributed by atoms with Crippen LogP contribution in [0.3, 0.4) is 0 Å². The third-order valence-corrected chi connectivity index (χ3v) is 4.00. The molecule has 1 heterocycles. The average molecular weight is 290 g/mol. The maximum atomic E-state index is 12.1. The first-order valence-corrected chi connectivity index (χ1v) is 8.44. The molecule has 1 rings (SSSR count). The number of likely N-dealkylation sites (tertiary alicyclic amines) is 1. The number of hydrogen-bond acceptors (Lipinski definition) is 4. The molecular weight excluding hydrogens is 268 g/mol. The number of piperidine rings is 1. The minimum Gasteiger partial charge on any atom is -0.342 e. The van der Waals surface area contributed by atoms with Crippen molar-refractivity contribution >= 4 is 21.8 Å². The predicted molar refractivity (Wildman–Crippen MR) is 71.7 cm³/mol. The first kappa shape index (κ1) is 15.9. The van der Waals surface area contributed by atoms with Gasteiger partial charge >= 0.3 is 0 Å². The van der Waals surface area contributed by atoms with Gasteiger partial charge in [-0.2, -0.15) is 0 Å². The van der Waals surface area contributed by atoms with Crippen LogP contribution in [0.1, 0.15) is 33.1 Å². The lowest BCUT2D eigenvalue weighted by Crippen LogP contribution is -2.47. The summed E-state index contributed by atoms with van der Waals surface area (Å²) in [7, 11) is -3.53. The number of rotatable bonds is 4. The fourth-order valence-electron chi connectivity index (χ4n) is 2.14. The standard InChI is InChI=1S/C12H22N2O4S/c1-4-9(2)12(16)14-7-5-6-10(8-14)11(15)13-19(3,17)18/h9-10H,4-8H2,1-3H3,(H,13,15). The predicted octanol–water partition coefficient (Wildman–Crippen LogP) is 0.347. The second kappa shape index (κ2) is 6.36. The molecule has 0 bridgehead atoms. The van der Waals surface area contributed by atoms with Gasteiger partial charge in [-0.1, -0.05) is 13.8 Å². The molecule has 1 aliphatic rings. The van der Waals surface area contributed by atoms with Crippen LogP contribution in [0.15, 0.2) is 0 Å². The number of amides is 2. The molecule has 0 aromatic rings. The monoisotopic (exact) mass is 290 g/mol. The van der Waals surface area contributed by atoms with Crippen molar-refractivity contribution in [2.24, 2.45) is 11.8 Å². The summed E-state index contributed by atoms with van der Waals surface area (Å²) in [6.07, 6.45) is 3.06. The van der Waals surface area contributed by atoms with Crippen molar-refractivity contribution in [3.05, 3.63) is 0 Å². The Labute approximate surface area is 114 Å². The van der Waals surface area contributed by atoms with E-state index < -0.39 is 21.8 Å². The Kier molecular flexibility index (Phi) is 5.34. The molecule has 2 amide bonds. The zero-order valence-electron chi connectivity index (χ0n) is 11.7. The highest BCUT2D eigenvalue weighted by Gasteiger charge is 2.30. The molecule has 0 radical (unpaired) electrons. The van der Waals surface area contributed by atoms with E-state index in [-0.39, 0.29) is 11.8 Å². The van der Waals surface area contributed by atoms with Gasteiger partial charge < -0.3 is 4.90 Å². The Hall–Kier alpha value is -1.11. The quantitative estimate of drug-likeness (QED) is 0.809. The van der Waals surface area contributed by atoms with Gasteiger partial charge in [0.05, 0.1) is 12.2 Å². The van der Waals surface area contributed by atoms with Crippen LogP contribution < -0.4 is 4.72 Å². The smallest absolute Gasteiger partial charge is 0.238 e. The van der Waals surface area contributed by atoms with Gasteiger partial charge in [0.25, 0.3) is 0 Å². The van der Waals surface area contributed by atoms with E-state index in [4.69, 9.17) is 0 Å². The molecule has 1 fully saturated rings. The molecule has 19 heavy (non-hydrogen) atoms. The van der Waals surface area contributed by atoms with Gasteiger partial charge in [-0.25, -0.2) is 8.42 Å². The third-order valence-electron chi connectivity index (χ3n) is 3.42. The molecule has 2 atom stereocenters. The Balaban J connectivity index is 2.64. The summed E-state index contributed by atoms with van der Waals surface area (Å²) in [5.41, 5.74) is 0. The average Bonchev–Trinajstić information content (AvgIpc) is 2.35. The minimum absolute atomic E-state index is 0.0411. The lowest BCUT2D eigenvalue weighted by atomic mass is 9.96. The van der Waals surface area contributed by atoms with Crippen LogP contribution in [0.2, 0.25) is 0 Å². The van der Waals surface area contributed by atoms with Gasteiger partial charge in [-0.05, 0) is 19.3 Å². The fraction of sp³-hybridized carbons (Fsp3) is 0.833. The zero-order valence-corrected chi connectivity index (χ0v) is 12.5. The van der Waals surface area contributed by atoms with Crippen LogP contribution in [-0.4, -0.2) is 44.5 Å². The molecule has 0 spiro atoms. The maximum Gasteiger partial charge on any atom is 0.238 e. The molecule has 0 aliphatic carbocycles. The van der Waals surface area contributed by atoms with Gasteiger partial charge in [0.2, 0.25) is 21.8 Å². The summed E-state index contributed by atoms with van der Waals surface area (Å²) >= 11 is 0. The number of carbonyl (C=O) groups excluding carboxylic acids is 2. The Morgan fingerprint density at radius 1 is 1.42 bits per heavy atom. The van der Waals surface area contributed by atoms with Gasteiger partial charge in [-0.15, -0.1) is 0 Å². The van der Waals surface area contributed by atoms with Crippen LogP contribution in [0.4, 0.5) is 0 Å². The van der Waals surface area contributed by atoms with Crippen LogP contribution >= 0.6 is 0 Å². The normalized spacial score (nSPS) is 21.8. The van der Waals surface area contributed by atoms with Gasteiger partial charge in [0.1, 0.15) is 0 Å². The van der Waals surface area contributed by atoms with Crippen LogP contribution in [0.5, 0.6) is 0 Å². The maximum absolute atomic E-state index is 12.1. The number of nitrogens with zero attached hydrogens (tertiary/aromatic N) is 1. The summed E-state index contributed by atoms with van der Waals surface area (Å²) < 4.78 is 24.1. The van der Waals surface area contributed by atoms with E-state index in [1.165, 1.54) is 0 Å². The Morgan fingerprint density at radius 3 is 2.58 bits per heavy atom.